The summed E-state index contributed by atoms with van der Waals surface area (Å²) in [6.45, 7) is 10.3. The Bertz CT molecular complexity index is 472. The molecule has 116 valence electrons. The molecule has 0 radical (unpaired) electrons. The fourth-order valence-electron chi connectivity index (χ4n) is 3.46. The number of rotatable bonds is 4. The van der Waals surface area contributed by atoms with Crippen molar-refractivity contribution < 1.29 is 4.74 Å². The van der Waals surface area contributed by atoms with Crippen molar-refractivity contribution in [3.05, 3.63) is 35.1 Å². The minimum atomic E-state index is 0.328. The molecule has 0 amide bonds. The van der Waals surface area contributed by atoms with E-state index in [0.29, 0.717) is 6.10 Å². The maximum absolute atomic E-state index is 6.30. The van der Waals surface area contributed by atoms with Crippen LogP contribution in [-0.4, -0.2) is 12.0 Å². The molecule has 2 heteroatoms. The van der Waals surface area contributed by atoms with Crippen molar-refractivity contribution in [1.29, 1.82) is 0 Å². The van der Waals surface area contributed by atoms with Crippen molar-refractivity contribution in [2.45, 2.75) is 78.2 Å². The number of allylic oxidation sites excluding steroid dienone is 2. The predicted molar refractivity (Wildman–Crippen MR) is 90.5 cm³/mol. The van der Waals surface area contributed by atoms with Crippen LogP contribution in [0, 0.1) is 0 Å². The number of hydrogen-bond donors (Lipinski definition) is 0. The van der Waals surface area contributed by atoms with Crippen LogP contribution in [0.1, 0.15) is 72.1 Å². The lowest BCUT2D eigenvalue weighted by atomic mass is 9.96. The van der Waals surface area contributed by atoms with E-state index in [2.05, 4.69) is 32.3 Å². The van der Waals surface area contributed by atoms with Crippen molar-refractivity contribution in [1.82, 2.24) is 0 Å². The Morgan fingerprint density at radius 3 is 2.38 bits per heavy atom. The Morgan fingerprint density at radius 1 is 1.14 bits per heavy atom. The molecule has 21 heavy (non-hydrogen) atoms. The van der Waals surface area contributed by atoms with Gasteiger partial charge in [-0.1, -0.05) is 24.1 Å². The Balaban J connectivity index is 2.26. The molecule has 0 bridgehead atoms. The van der Waals surface area contributed by atoms with E-state index >= 15 is 0 Å². The highest BCUT2D eigenvalue weighted by Crippen LogP contribution is 2.34. The molecule has 2 aliphatic carbocycles. The number of ether oxygens (including phenoxy) is 1. The molecule has 0 heterocycles. The minimum Gasteiger partial charge on any atom is -0.474 e. The van der Waals surface area contributed by atoms with Crippen LogP contribution in [0.15, 0.2) is 40.1 Å². The van der Waals surface area contributed by atoms with E-state index in [1.54, 1.807) is 6.20 Å². The lowest BCUT2D eigenvalue weighted by Gasteiger charge is -2.25. The molecule has 0 aromatic heterocycles. The Labute approximate surface area is 129 Å². The summed E-state index contributed by atoms with van der Waals surface area (Å²) >= 11 is 0. The summed E-state index contributed by atoms with van der Waals surface area (Å²) in [5.74, 6) is 0.799. The molecule has 1 saturated carbocycles. The maximum Gasteiger partial charge on any atom is 0.221 e. The largest absolute Gasteiger partial charge is 0.474 e. The number of aliphatic imine (C=N–C) groups is 1. The van der Waals surface area contributed by atoms with Gasteiger partial charge in [-0.15, -0.1) is 0 Å². The van der Waals surface area contributed by atoms with Gasteiger partial charge in [0.05, 0.1) is 0 Å². The molecule has 0 N–H and O–H groups in total. The first-order valence-electron chi connectivity index (χ1n) is 8.35. The van der Waals surface area contributed by atoms with E-state index in [9.17, 15) is 0 Å². The minimum absolute atomic E-state index is 0.328. The van der Waals surface area contributed by atoms with E-state index in [1.807, 2.05) is 0 Å². The molecule has 0 unspecified atom stereocenters. The average molecular weight is 287 g/mol. The fraction of sp³-hybridized carbons (Fsp3) is 0.632. The van der Waals surface area contributed by atoms with Gasteiger partial charge in [0.1, 0.15) is 6.10 Å². The highest BCUT2D eigenvalue weighted by molar-refractivity contribution is 5.99. The van der Waals surface area contributed by atoms with Crippen LogP contribution in [0.4, 0.5) is 0 Å². The van der Waals surface area contributed by atoms with Crippen LogP contribution >= 0.6 is 0 Å². The standard InChI is InChI=1S/C19H29NO/c1-5-20-19(21-16-11-7-6-8-12-16)18(14(2)3)17-13-9-10-15(17)4/h5,16H,1,6-13H2,2-4H3. The zero-order chi connectivity index (χ0) is 15.2. The predicted octanol–water partition coefficient (Wildman–Crippen LogP) is 5.71. The Kier molecular flexibility index (Phi) is 5.84. The quantitative estimate of drug-likeness (QED) is 0.479. The van der Waals surface area contributed by atoms with Crippen LogP contribution in [0.25, 0.3) is 0 Å². The SMILES string of the molecule is C=CN=C(OC1CCCCC1)C(=C(C)C)C1=C(C)CCC1. The summed E-state index contributed by atoms with van der Waals surface area (Å²) in [5, 5.41) is 0. The first-order valence-corrected chi connectivity index (χ1v) is 8.35. The van der Waals surface area contributed by atoms with E-state index in [-0.39, 0.29) is 0 Å². The molecule has 2 nitrogen and oxygen atoms in total. The zero-order valence-corrected chi connectivity index (χ0v) is 13.9. The topological polar surface area (TPSA) is 21.6 Å². The molecule has 0 aromatic carbocycles. The number of nitrogens with zero attached hydrogens (tertiary/aromatic N) is 1. The molecule has 0 saturated heterocycles. The zero-order valence-electron chi connectivity index (χ0n) is 13.9. The van der Waals surface area contributed by atoms with Gasteiger partial charge in [0.2, 0.25) is 5.90 Å². The highest BCUT2D eigenvalue weighted by Gasteiger charge is 2.24. The molecule has 2 aliphatic rings. The summed E-state index contributed by atoms with van der Waals surface area (Å²) in [4.78, 5) is 4.49. The monoisotopic (exact) mass is 287 g/mol. The van der Waals surface area contributed by atoms with Gasteiger partial charge < -0.3 is 4.74 Å². The lowest BCUT2D eigenvalue weighted by molar-refractivity contribution is 0.143. The van der Waals surface area contributed by atoms with Crippen LogP contribution < -0.4 is 0 Å². The van der Waals surface area contributed by atoms with E-state index in [4.69, 9.17) is 4.74 Å². The third kappa shape index (κ3) is 4.09. The van der Waals surface area contributed by atoms with Gasteiger partial charge in [0.15, 0.2) is 0 Å². The Hall–Kier alpha value is -1.31. The van der Waals surface area contributed by atoms with Crippen molar-refractivity contribution in [2.75, 3.05) is 0 Å². The van der Waals surface area contributed by atoms with Gasteiger partial charge in [-0.3, -0.25) is 0 Å². The van der Waals surface area contributed by atoms with E-state index in [1.165, 1.54) is 54.4 Å². The molecular formula is C19H29NO. The molecule has 1 fully saturated rings. The summed E-state index contributed by atoms with van der Waals surface area (Å²) in [6, 6.07) is 0. The van der Waals surface area contributed by atoms with Gasteiger partial charge in [-0.2, -0.15) is 0 Å². The fourth-order valence-corrected chi connectivity index (χ4v) is 3.46. The van der Waals surface area contributed by atoms with E-state index in [0.717, 1.165) is 25.2 Å². The second-order valence-corrected chi connectivity index (χ2v) is 6.48. The van der Waals surface area contributed by atoms with E-state index < -0.39 is 0 Å². The first-order chi connectivity index (χ1) is 10.1. The Morgan fingerprint density at radius 2 is 1.86 bits per heavy atom. The van der Waals surface area contributed by atoms with Crippen molar-refractivity contribution in [3.63, 3.8) is 0 Å². The van der Waals surface area contributed by atoms with Crippen LogP contribution in [0.3, 0.4) is 0 Å². The summed E-state index contributed by atoms with van der Waals surface area (Å²) in [6.07, 6.45) is 11.8. The van der Waals surface area contributed by atoms with Crippen molar-refractivity contribution in [2.24, 2.45) is 4.99 Å². The molecule has 0 atom stereocenters. The molecule has 2 rings (SSSR count). The molecule has 0 aromatic rings. The first kappa shape index (κ1) is 16.1. The summed E-state index contributed by atoms with van der Waals surface area (Å²) in [7, 11) is 0. The molecular weight excluding hydrogens is 258 g/mol. The number of hydrogen-bond acceptors (Lipinski definition) is 2. The van der Waals surface area contributed by atoms with Gasteiger partial charge in [0, 0.05) is 11.8 Å². The van der Waals surface area contributed by atoms with Gasteiger partial charge in [-0.05, 0) is 71.3 Å². The van der Waals surface area contributed by atoms with Crippen molar-refractivity contribution in [3.8, 4) is 0 Å². The van der Waals surface area contributed by atoms with Crippen molar-refractivity contribution >= 4 is 5.90 Å². The third-order valence-corrected chi connectivity index (χ3v) is 4.55. The normalized spacial score (nSPS) is 20.6. The maximum atomic E-state index is 6.30. The summed E-state index contributed by atoms with van der Waals surface area (Å²) in [5.41, 5.74) is 5.47. The molecule has 0 spiro atoms. The van der Waals surface area contributed by atoms with Crippen LogP contribution in [0.5, 0.6) is 0 Å². The summed E-state index contributed by atoms with van der Waals surface area (Å²) < 4.78 is 6.30. The second-order valence-electron chi connectivity index (χ2n) is 6.48. The van der Waals surface area contributed by atoms with Crippen LogP contribution in [-0.2, 0) is 4.74 Å². The van der Waals surface area contributed by atoms with Crippen LogP contribution in [0.2, 0.25) is 0 Å². The average Bonchev–Trinajstić information content (AvgIpc) is 2.86. The highest BCUT2D eigenvalue weighted by atomic mass is 16.5. The van der Waals surface area contributed by atoms with Gasteiger partial charge in [0.25, 0.3) is 0 Å². The second kappa shape index (κ2) is 7.63. The van der Waals surface area contributed by atoms with Gasteiger partial charge >= 0.3 is 0 Å². The van der Waals surface area contributed by atoms with Gasteiger partial charge in [-0.25, -0.2) is 4.99 Å². The third-order valence-electron chi connectivity index (χ3n) is 4.55. The smallest absolute Gasteiger partial charge is 0.221 e. The lowest BCUT2D eigenvalue weighted by Crippen LogP contribution is -2.23. The molecule has 0 aliphatic heterocycles.